The molecule has 0 bridgehead atoms. The summed E-state index contributed by atoms with van der Waals surface area (Å²) >= 11 is 14.2. The van der Waals surface area contributed by atoms with Crippen LogP contribution in [0.2, 0.25) is 10.0 Å². The van der Waals surface area contributed by atoms with Gasteiger partial charge in [-0.1, -0.05) is 58.3 Å². The first kappa shape index (κ1) is 21.1. The van der Waals surface area contributed by atoms with Crippen LogP contribution in [-0.4, -0.2) is 23.7 Å². The molecule has 0 atom stereocenters. The van der Waals surface area contributed by atoms with Crippen molar-refractivity contribution in [1.82, 2.24) is 4.57 Å². The zero-order valence-corrected chi connectivity index (χ0v) is 18.4. The molecule has 28 heavy (non-hydrogen) atoms. The number of aromatic nitrogens is 1. The molecule has 0 N–H and O–H groups in total. The van der Waals surface area contributed by atoms with Crippen LogP contribution in [0.5, 0.6) is 0 Å². The molecule has 0 saturated carbocycles. The molecule has 7 heteroatoms. The summed E-state index contributed by atoms with van der Waals surface area (Å²) in [6, 6.07) is 9.59. The van der Waals surface area contributed by atoms with E-state index in [4.69, 9.17) is 27.9 Å². The highest BCUT2D eigenvalue weighted by Crippen LogP contribution is 2.31. The Bertz CT molecular complexity index is 1090. The van der Waals surface area contributed by atoms with Crippen molar-refractivity contribution in [3.63, 3.8) is 0 Å². The highest BCUT2D eigenvalue weighted by molar-refractivity contribution is 7.17. The molecule has 0 spiro atoms. The average molecular weight is 437 g/mol. The molecule has 2 aromatic carbocycles. The lowest BCUT2D eigenvalue weighted by Crippen LogP contribution is -2.20. The molecular formula is C21H22Cl2N2O2S. The van der Waals surface area contributed by atoms with Crippen molar-refractivity contribution in [2.24, 2.45) is 4.99 Å². The SMILES string of the molecule is CCOCCn1c(=NC(=O)Cc2ccc(C)cc2C)sc2c(Cl)ccc(Cl)c21. The summed E-state index contributed by atoms with van der Waals surface area (Å²) in [5, 5.41) is 1.17. The molecule has 0 aliphatic heterocycles. The van der Waals surface area contributed by atoms with Crippen molar-refractivity contribution in [3.05, 3.63) is 61.9 Å². The van der Waals surface area contributed by atoms with Gasteiger partial charge in [0.05, 0.1) is 33.3 Å². The first-order valence-electron chi connectivity index (χ1n) is 9.09. The van der Waals surface area contributed by atoms with Gasteiger partial charge in [-0.25, -0.2) is 0 Å². The van der Waals surface area contributed by atoms with Crippen LogP contribution in [0.4, 0.5) is 0 Å². The molecule has 1 amide bonds. The van der Waals surface area contributed by atoms with Gasteiger partial charge in [0.15, 0.2) is 4.80 Å². The summed E-state index contributed by atoms with van der Waals surface area (Å²) in [5.74, 6) is -0.198. The number of nitrogens with zero attached hydrogens (tertiary/aromatic N) is 2. The number of rotatable bonds is 6. The number of hydrogen-bond donors (Lipinski definition) is 0. The van der Waals surface area contributed by atoms with Crippen LogP contribution in [0.25, 0.3) is 10.2 Å². The second-order valence-electron chi connectivity index (χ2n) is 6.55. The number of thiazole rings is 1. The monoisotopic (exact) mass is 436 g/mol. The Morgan fingerprint density at radius 3 is 2.64 bits per heavy atom. The fourth-order valence-electron chi connectivity index (χ4n) is 3.06. The molecule has 1 aromatic heterocycles. The summed E-state index contributed by atoms with van der Waals surface area (Å²) in [5.41, 5.74) is 4.04. The molecule has 148 valence electrons. The largest absolute Gasteiger partial charge is 0.380 e. The minimum Gasteiger partial charge on any atom is -0.380 e. The molecule has 0 saturated heterocycles. The maximum absolute atomic E-state index is 12.7. The van der Waals surface area contributed by atoms with Crippen molar-refractivity contribution in [2.75, 3.05) is 13.2 Å². The van der Waals surface area contributed by atoms with Crippen molar-refractivity contribution < 1.29 is 9.53 Å². The molecule has 0 fully saturated rings. The summed E-state index contributed by atoms with van der Waals surface area (Å²) in [6.45, 7) is 7.66. The maximum Gasteiger partial charge on any atom is 0.252 e. The number of hydrogen-bond acceptors (Lipinski definition) is 3. The van der Waals surface area contributed by atoms with E-state index in [1.807, 2.05) is 37.5 Å². The Morgan fingerprint density at radius 2 is 1.93 bits per heavy atom. The molecular weight excluding hydrogens is 415 g/mol. The Kier molecular flexibility index (Phi) is 6.94. The average Bonchev–Trinajstić information content (AvgIpc) is 3.00. The van der Waals surface area contributed by atoms with Crippen LogP contribution in [0, 0.1) is 13.8 Å². The lowest BCUT2D eigenvalue weighted by Gasteiger charge is -2.07. The molecule has 0 aliphatic rings. The van der Waals surface area contributed by atoms with Crippen LogP contribution in [0.3, 0.4) is 0 Å². The second kappa shape index (κ2) is 9.23. The van der Waals surface area contributed by atoms with Crippen LogP contribution in [0.15, 0.2) is 35.3 Å². The Morgan fingerprint density at radius 1 is 1.18 bits per heavy atom. The zero-order valence-electron chi connectivity index (χ0n) is 16.1. The van der Waals surface area contributed by atoms with E-state index in [9.17, 15) is 4.79 Å². The minimum atomic E-state index is -0.198. The topological polar surface area (TPSA) is 43.6 Å². The molecule has 0 unspecified atom stereocenters. The zero-order chi connectivity index (χ0) is 20.3. The van der Waals surface area contributed by atoms with Crippen LogP contribution in [0.1, 0.15) is 23.6 Å². The number of fused-ring (bicyclic) bond motifs is 1. The number of benzene rings is 2. The van der Waals surface area contributed by atoms with Gasteiger partial charge < -0.3 is 9.30 Å². The van der Waals surface area contributed by atoms with Gasteiger partial charge in [-0.3, -0.25) is 4.79 Å². The Balaban J connectivity index is 2.02. The first-order valence-corrected chi connectivity index (χ1v) is 10.7. The third kappa shape index (κ3) is 4.66. The molecule has 0 radical (unpaired) electrons. The molecule has 0 aliphatic carbocycles. The van der Waals surface area contributed by atoms with Gasteiger partial charge in [-0.05, 0) is 44.0 Å². The van der Waals surface area contributed by atoms with Gasteiger partial charge in [-0.2, -0.15) is 4.99 Å². The van der Waals surface area contributed by atoms with Crippen molar-refractivity contribution >= 4 is 50.7 Å². The standard InChI is InChI=1S/C21H22Cl2N2O2S/c1-4-27-10-9-25-19-16(22)7-8-17(23)20(19)28-21(25)24-18(26)12-15-6-5-13(2)11-14(15)3/h5-8,11H,4,9-10,12H2,1-3H3. The highest BCUT2D eigenvalue weighted by atomic mass is 35.5. The summed E-state index contributed by atoms with van der Waals surface area (Å²) < 4.78 is 8.23. The van der Waals surface area contributed by atoms with Gasteiger partial charge >= 0.3 is 0 Å². The number of ether oxygens (including phenoxy) is 1. The normalized spacial score (nSPS) is 12.1. The minimum absolute atomic E-state index is 0.198. The summed E-state index contributed by atoms with van der Waals surface area (Å²) in [6.07, 6.45) is 0.257. The third-order valence-corrected chi connectivity index (χ3v) is 6.30. The van der Waals surface area contributed by atoms with E-state index in [0.29, 0.717) is 34.6 Å². The summed E-state index contributed by atoms with van der Waals surface area (Å²) in [4.78, 5) is 17.6. The number of amides is 1. The predicted octanol–water partition coefficient (Wildman–Crippen LogP) is 5.33. The predicted molar refractivity (Wildman–Crippen MR) is 117 cm³/mol. The lowest BCUT2D eigenvalue weighted by molar-refractivity contribution is -0.117. The smallest absolute Gasteiger partial charge is 0.252 e. The van der Waals surface area contributed by atoms with E-state index in [2.05, 4.69) is 11.1 Å². The number of carbonyl (C=O) groups is 1. The number of halogens is 2. The second-order valence-corrected chi connectivity index (χ2v) is 8.34. The van der Waals surface area contributed by atoms with E-state index in [-0.39, 0.29) is 12.3 Å². The molecule has 1 heterocycles. The lowest BCUT2D eigenvalue weighted by atomic mass is 10.0. The van der Waals surface area contributed by atoms with Crippen LogP contribution >= 0.6 is 34.5 Å². The number of carbonyl (C=O) groups excluding carboxylic acids is 1. The van der Waals surface area contributed by atoms with E-state index in [1.54, 1.807) is 12.1 Å². The van der Waals surface area contributed by atoms with Crippen LogP contribution < -0.4 is 4.80 Å². The van der Waals surface area contributed by atoms with Crippen molar-refractivity contribution in [1.29, 1.82) is 0 Å². The van der Waals surface area contributed by atoms with E-state index in [0.717, 1.165) is 21.3 Å². The third-order valence-electron chi connectivity index (χ3n) is 4.45. The van der Waals surface area contributed by atoms with Gasteiger partial charge in [-0.15, -0.1) is 0 Å². The van der Waals surface area contributed by atoms with Gasteiger partial charge in [0.1, 0.15) is 0 Å². The highest BCUT2D eigenvalue weighted by Gasteiger charge is 2.14. The van der Waals surface area contributed by atoms with Gasteiger partial charge in [0.2, 0.25) is 0 Å². The summed E-state index contributed by atoms with van der Waals surface area (Å²) in [7, 11) is 0. The van der Waals surface area contributed by atoms with E-state index >= 15 is 0 Å². The van der Waals surface area contributed by atoms with Crippen molar-refractivity contribution in [3.8, 4) is 0 Å². The fourth-order valence-corrected chi connectivity index (χ4v) is 4.75. The molecule has 4 nitrogen and oxygen atoms in total. The first-order chi connectivity index (χ1) is 13.4. The molecule has 3 aromatic rings. The number of aryl methyl sites for hydroxylation is 2. The van der Waals surface area contributed by atoms with Crippen LogP contribution in [-0.2, 0) is 22.5 Å². The van der Waals surface area contributed by atoms with Gasteiger partial charge in [0, 0.05) is 13.2 Å². The molecule has 3 rings (SSSR count). The fraction of sp³-hybridized carbons (Fsp3) is 0.333. The van der Waals surface area contributed by atoms with E-state index in [1.165, 1.54) is 16.9 Å². The Labute approximate surface area is 178 Å². The Hall–Kier alpha value is -1.66. The maximum atomic E-state index is 12.7. The quantitative estimate of drug-likeness (QED) is 0.489. The van der Waals surface area contributed by atoms with Gasteiger partial charge in [0.25, 0.3) is 5.91 Å². The van der Waals surface area contributed by atoms with Crippen molar-refractivity contribution in [2.45, 2.75) is 33.7 Å². The van der Waals surface area contributed by atoms with E-state index < -0.39 is 0 Å².